The van der Waals surface area contributed by atoms with Gasteiger partial charge in [-0.15, -0.1) is 0 Å². The summed E-state index contributed by atoms with van der Waals surface area (Å²) in [6, 6.07) is 8.13. The van der Waals surface area contributed by atoms with Crippen LogP contribution in [0.25, 0.3) is 0 Å². The molecule has 2 aromatic carbocycles. The van der Waals surface area contributed by atoms with Crippen LogP contribution in [0.2, 0.25) is 0 Å². The van der Waals surface area contributed by atoms with Crippen molar-refractivity contribution in [3.63, 3.8) is 0 Å². The van der Waals surface area contributed by atoms with Crippen molar-refractivity contribution in [1.29, 1.82) is 0 Å². The third kappa shape index (κ3) is 3.27. The smallest absolute Gasteiger partial charge is 0.258 e. The molecule has 2 nitrogen and oxygen atoms in total. The molecule has 0 aromatic heterocycles. The number of aryl methyl sites for hydroxylation is 2. The van der Waals surface area contributed by atoms with E-state index in [2.05, 4.69) is 37.2 Å². The molecule has 0 aliphatic carbocycles. The highest BCUT2D eigenvalue weighted by atomic mass is 79.9. The summed E-state index contributed by atoms with van der Waals surface area (Å²) in [7, 11) is 0. The lowest BCUT2D eigenvalue weighted by atomic mass is 10.1. The number of carbonyl (C=O) groups excluding carboxylic acids is 1. The maximum Gasteiger partial charge on any atom is 0.258 e. The van der Waals surface area contributed by atoms with E-state index in [0.717, 1.165) is 15.6 Å². The average molecular weight is 401 g/mol. The topological polar surface area (TPSA) is 29.1 Å². The Labute approximate surface area is 133 Å². The zero-order chi connectivity index (χ0) is 14.9. The van der Waals surface area contributed by atoms with Gasteiger partial charge in [-0.25, -0.2) is 4.39 Å². The quantitative estimate of drug-likeness (QED) is 0.735. The predicted octanol–water partition coefficient (Wildman–Crippen LogP) is 5.22. The number of hydrogen-bond acceptors (Lipinski definition) is 1. The molecule has 0 aliphatic heterocycles. The number of nitrogens with one attached hydrogen (secondary N) is 1. The molecule has 5 heteroatoms. The highest BCUT2D eigenvalue weighted by Crippen LogP contribution is 2.28. The van der Waals surface area contributed by atoms with E-state index in [1.807, 2.05) is 26.0 Å². The molecule has 2 rings (SSSR count). The van der Waals surface area contributed by atoms with E-state index in [9.17, 15) is 9.18 Å². The molecule has 0 fully saturated rings. The van der Waals surface area contributed by atoms with Crippen LogP contribution in [0.15, 0.2) is 39.3 Å². The van der Waals surface area contributed by atoms with E-state index in [4.69, 9.17) is 0 Å². The number of amides is 1. The third-order valence-corrected chi connectivity index (χ3v) is 3.96. The van der Waals surface area contributed by atoms with Crippen LogP contribution in [0.5, 0.6) is 0 Å². The van der Waals surface area contributed by atoms with Crippen molar-refractivity contribution in [3.8, 4) is 0 Å². The molecule has 0 spiro atoms. The average Bonchev–Trinajstić information content (AvgIpc) is 2.36. The second-order valence-corrected chi connectivity index (χ2v) is 6.29. The zero-order valence-electron chi connectivity index (χ0n) is 10.9. The predicted molar refractivity (Wildman–Crippen MR) is 85.7 cm³/mol. The van der Waals surface area contributed by atoms with Gasteiger partial charge in [-0.3, -0.25) is 4.79 Å². The first kappa shape index (κ1) is 15.2. The van der Waals surface area contributed by atoms with Gasteiger partial charge in [-0.2, -0.15) is 0 Å². The van der Waals surface area contributed by atoms with Crippen LogP contribution in [-0.2, 0) is 0 Å². The van der Waals surface area contributed by atoms with E-state index in [-0.39, 0.29) is 5.56 Å². The fourth-order valence-corrected chi connectivity index (χ4v) is 3.06. The van der Waals surface area contributed by atoms with Gasteiger partial charge in [0.05, 0.1) is 11.3 Å². The van der Waals surface area contributed by atoms with Crippen molar-refractivity contribution in [2.24, 2.45) is 0 Å². The molecule has 0 bridgehead atoms. The summed E-state index contributed by atoms with van der Waals surface area (Å²) in [4.78, 5) is 12.2. The van der Waals surface area contributed by atoms with Crippen molar-refractivity contribution in [2.45, 2.75) is 13.8 Å². The lowest BCUT2D eigenvalue weighted by Gasteiger charge is -2.12. The number of halogens is 3. The summed E-state index contributed by atoms with van der Waals surface area (Å²) in [5, 5.41) is 2.74. The maximum atomic E-state index is 13.7. The van der Waals surface area contributed by atoms with Crippen LogP contribution in [0.3, 0.4) is 0 Å². The van der Waals surface area contributed by atoms with Crippen LogP contribution in [-0.4, -0.2) is 5.91 Å². The van der Waals surface area contributed by atoms with E-state index in [1.54, 1.807) is 6.07 Å². The van der Waals surface area contributed by atoms with Crippen molar-refractivity contribution in [3.05, 3.63) is 61.8 Å². The highest BCUT2D eigenvalue weighted by molar-refractivity contribution is 9.10. The van der Waals surface area contributed by atoms with Crippen LogP contribution >= 0.6 is 31.9 Å². The molecule has 0 unspecified atom stereocenters. The van der Waals surface area contributed by atoms with Gasteiger partial charge in [0.1, 0.15) is 5.82 Å². The number of anilines is 1. The van der Waals surface area contributed by atoms with Gasteiger partial charge in [0.2, 0.25) is 0 Å². The van der Waals surface area contributed by atoms with Gasteiger partial charge >= 0.3 is 0 Å². The second-order valence-electron chi connectivity index (χ2n) is 4.52. The SMILES string of the molecule is Cc1cc(C)c(NC(=O)c2cc(Br)ccc2F)c(Br)c1. The van der Waals surface area contributed by atoms with E-state index in [0.29, 0.717) is 10.2 Å². The van der Waals surface area contributed by atoms with Gasteiger partial charge in [-0.05, 0) is 65.2 Å². The first-order valence-corrected chi connectivity index (χ1v) is 7.50. The molecular formula is C15H12Br2FNO. The minimum absolute atomic E-state index is 0.00579. The Morgan fingerprint density at radius 2 is 1.85 bits per heavy atom. The first-order chi connectivity index (χ1) is 9.38. The molecule has 0 aliphatic rings. The molecule has 0 saturated carbocycles. The van der Waals surface area contributed by atoms with E-state index >= 15 is 0 Å². The standard InChI is InChI=1S/C15H12Br2FNO/c1-8-5-9(2)14(12(17)6-8)19-15(20)11-7-10(16)3-4-13(11)18/h3-7H,1-2H3,(H,19,20). The van der Waals surface area contributed by atoms with Crippen molar-refractivity contribution in [2.75, 3.05) is 5.32 Å². The lowest BCUT2D eigenvalue weighted by Crippen LogP contribution is -2.15. The Morgan fingerprint density at radius 1 is 1.15 bits per heavy atom. The maximum absolute atomic E-state index is 13.7. The zero-order valence-corrected chi connectivity index (χ0v) is 14.1. The molecule has 0 heterocycles. The van der Waals surface area contributed by atoms with Crippen molar-refractivity contribution >= 4 is 43.5 Å². The Kier molecular flexibility index (Phi) is 4.60. The summed E-state index contributed by atoms with van der Waals surface area (Å²) in [5.41, 5.74) is 2.66. The first-order valence-electron chi connectivity index (χ1n) is 5.91. The van der Waals surface area contributed by atoms with E-state index in [1.165, 1.54) is 12.1 Å². The van der Waals surface area contributed by atoms with Gasteiger partial charge in [0.15, 0.2) is 0 Å². The van der Waals surface area contributed by atoms with Crippen molar-refractivity contribution < 1.29 is 9.18 Å². The monoisotopic (exact) mass is 399 g/mol. The molecule has 0 radical (unpaired) electrons. The summed E-state index contributed by atoms with van der Waals surface area (Å²) in [6.45, 7) is 3.86. The van der Waals surface area contributed by atoms with E-state index < -0.39 is 11.7 Å². The van der Waals surface area contributed by atoms with Crippen molar-refractivity contribution in [1.82, 2.24) is 0 Å². The fourth-order valence-electron chi connectivity index (χ4n) is 1.93. The highest BCUT2D eigenvalue weighted by Gasteiger charge is 2.15. The minimum Gasteiger partial charge on any atom is -0.321 e. The molecule has 1 amide bonds. The molecule has 1 N–H and O–H groups in total. The Balaban J connectivity index is 2.35. The summed E-state index contributed by atoms with van der Waals surface area (Å²) < 4.78 is 15.1. The Morgan fingerprint density at radius 3 is 2.50 bits per heavy atom. The number of rotatable bonds is 2. The minimum atomic E-state index is -0.549. The second kappa shape index (κ2) is 6.06. The molecule has 2 aromatic rings. The lowest BCUT2D eigenvalue weighted by molar-refractivity contribution is 0.102. The molecule has 0 atom stereocenters. The molecule has 0 saturated heterocycles. The Bertz CT molecular complexity index is 663. The number of hydrogen-bond donors (Lipinski definition) is 1. The summed E-state index contributed by atoms with van der Waals surface area (Å²) >= 11 is 6.65. The summed E-state index contributed by atoms with van der Waals surface area (Å²) in [6.07, 6.45) is 0. The van der Waals surface area contributed by atoms with Gasteiger partial charge in [0.25, 0.3) is 5.91 Å². The Hall–Kier alpha value is -1.20. The molecule has 104 valence electrons. The number of benzene rings is 2. The fraction of sp³-hybridized carbons (Fsp3) is 0.133. The van der Waals surface area contributed by atoms with Gasteiger partial charge < -0.3 is 5.32 Å². The summed E-state index contributed by atoms with van der Waals surface area (Å²) in [5.74, 6) is -1.02. The third-order valence-electron chi connectivity index (χ3n) is 2.84. The van der Waals surface area contributed by atoms with Crippen LogP contribution < -0.4 is 5.32 Å². The van der Waals surface area contributed by atoms with Crippen LogP contribution in [0.4, 0.5) is 10.1 Å². The normalized spacial score (nSPS) is 10.4. The van der Waals surface area contributed by atoms with Crippen LogP contribution in [0, 0.1) is 19.7 Å². The van der Waals surface area contributed by atoms with Gasteiger partial charge in [-0.1, -0.05) is 22.0 Å². The number of carbonyl (C=O) groups is 1. The molecule has 20 heavy (non-hydrogen) atoms. The van der Waals surface area contributed by atoms with Gasteiger partial charge in [0, 0.05) is 8.95 Å². The largest absolute Gasteiger partial charge is 0.321 e. The molecular weight excluding hydrogens is 389 g/mol. The van der Waals surface area contributed by atoms with Crippen LogP contribution in [0.1, 0.15) is 21.5 Å².